The Labute approximate surface area is 141 Å². The molecule has 0 atom stereocenters. The molecule has 2 N–H and O–H groups in total. The monoisotopic (exact) mass is 379 g/mol. The number of nitrogens with zero attached hydrogens (tertiary/aromatic N) is 1. The summed E-state index contributed by atoms with van der Waals surface area (Å²) in [6.45, 7) is 2.44. The van der Waals surface area contributed by atoms with Crippen molar-refractivity contribution in [2.24, 2.45) is 5.92 Å². The topological polar surface area (TPSA) is 63.2 Å². The average Bonchev–Trinajstić information content (AvgIpc) is 2.49. The normalized spacial score (nSPS) is 14.2. The van der Waals surface area contributed by atoms with Crippen LogP contribution in [0.5, 0.6) is 11.6 Å². The molecule has 3 rings (SSSR count). The quantitative estimate of drug-likeness (QED) is 0.838. The first kappa shape index (κ1) is 15.9. The highest BCUT2D eigenvalue weighted by Gasteiger charge is 2.20. The van der Waals surface area contributed by atoms with Crippen molar-refractivity contribution in [1.82, 2.24) is 15.6 Å². The van der Waals surface area contributed by atoms with Crippen LogP contribution in [0.25, 0.3) is 0 Å². The molecule has 5 nitrogen and oxygen atoms in total. The molecule has 120 valence electrons. The summed E-state index contributed by atoms with van der Waals surface area (Å²) in [4.78, 5) is 16.4. The number of carbonyl (C=O) groups is 1. The Morgan fingerprint density at radius 3 is 2.96 bits per heavy atom. The molecule has 1 saturated heterocycles. The summed E-state index contributed by atoms with van der Waals surface area (Å²) in [6, 6.07) is 7.38. The van der Waals surface area contributed by atoms with Crippen LogP contribution in [0.1, 0.15) is 10.4 Å². The van der Waals surface area contributed by atoms with Crippen LogP contribution in [-0.2, 0) is 0 Å². The van der Waals surface area contributed by atoms with Crippen LogP contribution in [0.15, 0.2) is 41.0 Å². The van der Waals surface area contributed by atoms with E-state index in [0.29, 0.717) is 28.2 Å². The number of hydrogen-bond donors (Lipinski definition) is 2. The van der Waals surface area contributed by atoms with Gasteiger partial charge in [-0.15, -0.1) is 0 Å². The summed E-state index contributed by atoms with van der Waals surface area (Å²) < 4.78 is 19.3. The molecule has 1 aliphatic rings. The molecule has 1 aromatic carbocycles. The van der Waals surface area contributed by atoms with Crippen LogP contribution in [0.3, 0.4) is 0 Å². The lowest BCUT2D eigenvalue weighted by atomic mass is 10.0. The molecule has 0 bridgehead atoms. The van der Waals surface area contributed by atoms with Gasteiger partial charge in [-0.2, -0.15) is 0 Å². The SMILES string of the molecule is O=C(NCC1CNC1)c1cccnc1Oc1ccc(F)cc1Br. The van der Waals surface area contributed by atoms with Crippen molar-refractivity contribution < 1.29 is 13.9 Å². The Balaban J connectivity index is 1.75. The molecular weight excluding hydrogens is 365 g/mol. The molecule has 23 heavy (non-hydrogen) atoms. The van der Waals surface area contributed by atoms with Gasteiger partial charge in [-0.25, -0.2) is 9.37 Å². The van der Waals surface area contributed by atoms with Crippen LogP contribution in [0, 0.1) is 11.7 Å². The fourth-order valence-corrected chi connectivity index (χ4v) is 2.56. The summed E-state index contributed by atoms with van der Waals surface area (Å²) in [6.07, 6.45) is 1.54. The molecule has 1 fully saturated rings. The Kier molecular flexibility index (Phi) is 4.88. The summed E-state index contributed by atoms with van der Waals surface area (Å²) in [7, 11) is 0. The van der Waals surface area contributed by atoms with Crippen molar-refractivity contribution in [3.63, 3.8) is 0 Å². The van der Waals surface area contributed by atoms with Crippen molar-refractivity contribution in [3.05, 3.63) is 52.4 Å². The third-order valence-corrected chi connectivity index (χ3v) is 4.15. The molecule has 1 amide bonds. The smallest absolute Gasteiger partial charge is 0.256 e. The van der Waals surface area contributed by atoms with Crippen LogP contribution >= 0.6 is 15.9 Å². The Hall–Kier alpha value is -1.99. The van der Waals surface area contributed by atoms with Crippen LogP contribution in [0.2, 0.25) is 0 Å². The van der Waals surface area contributed by atoms with Crippen molar-refractivity contribution in [2.75, 3.05) is 19.6 Å². The molecule has 1 aliphatic heterocycles. The number of halogens is 2. The molecule has 2 aromatic rings. The second kappa shape index (κ2) is 7.06. The fraction of sp³-hybridized carbons (Fsp3) is 0.250. The molecule has 0 unspecified atom stereocenters. The molecule has 7 heteroatoms. The highest BCUT2D eigenvalue weighted by molar-refractivity contribution is 9.10. The zero-order valence-electron chi connectivity index (χ0n) is 12.2. The average molecular weight is 380 g/mol. The number of pyridine rings is 1. The van der Waals surface area contributed by atoms with E-state index in [0.717, 1.165) is 13.1 Å². The molecule has 0 spiro atoms. The number of aromatic nitrogens is 1. The van der Waals surface area contributed by atoms with E-state index in [1.165, 1.54) is 18.2 Å². The summed E-state index contributed by atoms with van der Waals surface area (Å²) in [5, 5.41) is 6.04. The van der Waals surface area contributed by atoms with Gasteiger partial charge in [0.25, 0.3) is 5.91 Å². The maximum Gasteiger partial charge on any atom is 0.256 e. The van der Waals surface area contributed by atoms with E-state index >= 15 is 0 Å². The molecule has 0 aliphatic carbocycles. The fourth-order valence-electron chi connectivity index (χ4n) is 2.13. The van der Waals surface area contributed by atoms with Gasteiger partial charge < -0.3 is 15.4 Å². The Bertz CT molecular complexity index is 722. The highest BCUT2D eigenvalue weighted by atomic mass is 79.9. The van der Waals surface area contributed by atoms with Crippen LogP contribution in [0.4, 0.5) is 4.39 Å². The lowest BCUT2D eigenvalue weighted by Gasteiger charge is -2.27. The van der Waals surface area contributed by atoms with Crippen molar-refractivity contribution >= 4 is 21.8 Å². The molecular formula is C16H15BrFN3O2. The number of nitrogens with one attached hydrogen (secondary N) is 2. The Morgan fingerprint density at radius 1 is 1.43 bits per heavy atom. The summed E-state index contributed by atoms with van der Waals surface area (Å²) in [5.41, 5.74) is 0.344. The number of benzene rings is 1. The van der Waals surface area contributed by atoms with E-state index in [4.69, 9.17) is 4.74 Å². The second-order valence-electron chi connectivity index (χ2n) is 5.27. The van der Waals surface area contributed by atoms with E-state index in [-0.39, 0.29) is 17.6 Å². The minimum atomic E-state index is -0.377. The third-order valence-electron chi connectivity index (χ3n) is 3.53. The number of ether oxygens (including phenoxy) is 1. The molecule has 0 saturated carbocycles. The van der Waals surface area contributed by atoms with Gasteiger partial charge >= 0.3 is 0 Å². The van der Waals surface area contributed by atoms with Gasteiger partial charge in [0.1, 0.15) is 17.1 Å². The highest BCUT2D eigenvalue weighted by Crippen LogP contribution is 2.30. The zero-order valence-corrected chi connectivity index (χ0v) is 13.8. The van der Waals surface area contributed by atoms with Crippen LogP contribution < -0.4 is 15.4 Å². The second-order valence-corrected chi connectivity index (χ2v) is 6.12. The van der Waals surface area contributed by atoms with Crippen LogP contribution in [-0.4, -0.2) is 30.5 Å². The van der Waals surface area contributed by atoms with Crippen molar-refractivity contribution in [1.29, 1.82) is 0 Å². The number of hydrogen-bond acceptors (Lipinski definition) is 4. The molecule has 1 aromatic heterocycles. The van der Waals surface area contributed by atoms with Gasteiger partial charge in [0, 0.05) is 31.7 Å². The predicted octanol–water partition coefficient (Wildman–Crippen LogP) is 2.72. The number of carbonyl (C=O) groups excluding carboxylic acids is 1. The zero-order chi connectivity index (χ0) is 16.2. The van der Waals surface area contributed by atoms with Gasteiger partial charge in [-0.05, 0) is 46.3 Å². The first-order valence-electron chi connectivity index (χ1n) is 7.20. The maximum atomic E-state index is 13.1. The van der Waals surface area contributed by atoms with E-state index < -0.39 is 0 Å². The minimum absolute atomic E-state index is 0.184. The lowest BCUT2D eigenvalue weighted by Crippen LogP contribution is -2.48. The minimum Gasteiger partial charge on any atom is -0.437 e. The van der Waals surface area contributed by atoms with E-state index in [2.05, 4.69) is 31.5 Å². The van der Waals surface area contributed by atoms with Crippen molar-refractivity contribution in [3.8, 4) is 11.6 Å². The number of rotatable bonds is 5. The maximum absolute atomic E-state index is 13.1. The largest absolute Gasteiger partial charge is 0.437 e. The van der Waals surface area contributed by atoms with Crippen molar-refractivity contribution in [2.45, 2.75) is 0 Å². The first-order chi connectivity index (χ1) is 11.1. The van der Waals surface area contributed by atoms with Gasteiger partial charge in [0.15, 0.2) is 0 Å². The van der Waals surface area contributed by atoms with Gasteiger partial charge in [-0.3, -0.25) is 4.79 Å². The van der Waals surface area contributed by atoms with E-state index in [1.807, 2.05) is 0 Å². The predicted molar refractivity (Wildman–Crippen MR) is 87.1 cm³/mol. The molecule has 0 radical (unpaired) electrons. The van der Waals surface area contributed by atoms with E-state index in [1.54, 1.807) is 18.3 Å². The lowest BCUT2D eigenvalue weighted by molar-refractivity contribution is 0.0939. The third kappa shape index (κ3) is 3.86. The molecule has 2 heterocycles. The van der Waals surface area contributed by atoms with E-state index in [9.17, 15) is 9.18 Å². The van der Waals surface area contributed by atoms with Gasteiger partial charge in [0.2, 0.25) is 5.88 Å². The first-order valence-corrected chi connectivity index (χ1v) is 7.99. The number of amides is 1. The summed E-state index contributed by atoms with van der Waals surface area (Å²) in [5.74, 6) is 0.424. The standard InChI is InChI=1S/C16H15BrFN3O2/c17-13-6-11(18)3-4-14(13)23-16-12(2-1-5-20-16)15(22)21-9-10-7-19-8-10/h1-6,10,19H,7-9H2,(H,21,22). The summed E-state index contributed by atoms with van der Waals surface area (Å²) >= 11 is 3.23. The van der Waals surface area contributed by atoms with Gasteiger partial charge in [0.05, 0.1) is 4.47 Å². The Morgan fingerprint density at radius 2 is 2.26 bits per heavy atom. The van der Waals surface area contributed by atoms with Gasteiger partial charge in [-0.1, -0.05) is 0 Å².